The molecule has 0 aliphatic carbocycles. The molecule has 0 atom stereocenters. The molecule has 0 unspecified atom stereocenters. The maximum absolute atomic E-state index is 9.60. The minimum absolute atomic E-state index is 0.181. The van der Waals surface area contributed by atoms with E-state index in [1.54, 1.807) is 18.3 Å². The zero-order chi connectivity index (χ0) is 13.1. The van der Waals surface area contributed by atoms with Gasteiger partial charge in [0.05, 0.1) is 14.6 Å². The lowest BCUT2D eigenvalue weighted by molar-refractivity contribution is -0.671. The molecule has 0 amide bonds. The van der Waals surface area contributed by atoms with Crippen molar-refractivity contribution in [3.05, 3.63) is 51.2 Å². The molecule has 0 saturated carbocycles. The van der Waals surface area contributed by atoms with Crippen molar-refractivity contribution in [3.8, 4) is 5.75 Å². The monoisotopic (exact) mass is 369 g/mol. The summed E-state index contributed by atoms with van der Waals surface area (Å²) in [6.45, 7) is 0. The lowest BCUT2D eigenvalue weighted by atomic mass is 10.3. The Morgan fingerprint density at radius 3 is 2.28 bits per heavy atom. The minimum atomic E-state index is 0.181. The topological polar surface area (TPSA) is 36.5 Å². The standard InChI is InChI=1S/C13H10Br2N2O/c1-17-4-2-9(3-5-17)8-16-10-6-11(14)13(18)12(15)7-10/h2-8H,1H3/p+1. The number of phenols is 1. The van der Waals surface area contributed by atoms with Gasteiger partial charge < -0.3 is 5.11 Å². The first kappa shape index (κ1) is 13.2. The maximum Gasteiger partial charge on any atom is 0.169 e. The number of nitrogens with zero attached hydrogens (tertiary/aromatic N) is 2. The highest BCUT2D eigenvalue weighted by Gasteiger charge is 2.04. The van der Waals surface area contributed by atoms with Crippen LogP contribution in [-0.4, -0.2) is 11.3 Å². The van der Waals surface area contributed by atoms with Crippen LogP contribution in [0.1, 0.15) is 5.56 Å². The molecular weight excluding hydrogens is 360 g/mol. The summed E-state index contributed by atoms with van der Waals surface area (Å²) >= 11 is 6.55. The van der Waals surface area contributed by atoms with Crippen molar-refractivity contribution in [2.75, 3.05) is 0 Å². The average Bonchev–Trinajstić information content (AvgIpc) is 2.35. The fraction of sp³-hybridized carbons (Fsp3) is 0.0769. The van der Waals surface area contributed by atoms with Crippen molar-refractivity contribution >= 4 is 43.8 Å². The number of hydrogen-bond donors (Lipinski definition) is 1. The largest absolute Gasteiger partial charge is 0.506 e. The Kier molecular flexibility index (Phi) is 4.14. The summed E-state index contributed by atoms with van der Waals surface area (Å²) in [5.41, 5.74) is 1.79. The molecule has 0 spiro atoms. The second kappa shape index (κ2) is 5.63. The van der Waals surface area contributed by atoms with Gasteiger partial charge in [-0.05, 0) is 44.0 Å². The van der Waals surface area contributed by atoms with E-state index in [9.17, 15) is 5.11 Å². The average molecular weight is 371 g/mol. The number of aryl methyl sites for hydroxylation is 1. The maximum atomic E-state index is 9.60. The number of phenolic OH excluding ortho intramolecular Hbond substituents is 1. The first-order chi connectivity index (χ1) is 8.56. The first-order valence-corrected chi connectivity index (χ1v) is 6.82. The van der Waals surface area contributed by atoms with Crippen LogP contribution in [0, 0.1) is 0 Å². The number of aromatic hydroxyl groups is 1. The van der Waals surface area contributed by atoms with Crippen LogP contribution < -0.4 is 4.57 Å². The molecule has 2 rings (SSSR count). The highest BCUT2D eigenvalue weighted by Crippen LogP contribution is 2.36. The smallest absolute Gasteiger partial charge is 0.169 e. The Hall–Kier alpha value is -1.20. The van der Waals surface area contributed by atoms with E-state index < -0.39 is 0 Å². The lowest BCUT2D eigenvalue weighted by Crippen LogP contribution is -2.25. The van der Waals surface area contributed by atoms with Crippen LogP contribution in [0.25, 0.3) is 0 Å². The molecule has 1 N–H and O–H groups in total. The van der Waals surface area contributed by atoms with E-state index in [-0.39, 0.29) is 5.75 Å². The molecule has 0 saturated heterocycles. The van der Waals surface area contributed by atoms with Gasteiger partial charge >= 0.3 is 0 Å². The molecule has 1 heterocycles. The predicted octanol–water partition coefficient (Wildman–Crippen LogP) is 3.49. The first-order valence-electron chi connectivity index (χ1n) is 5.23. The molecule has 0 aliphatic heterocycles. The number of aromatic nitrogens is 1. The molecule has 2 aromatic rings. The van der Waals surface area contributed by atoms with Crippen LogP contribution in [0.2, 0.25) is 0 Å². The summed E-state index contributed by atoms with van der Waals surface area (Å²) in [5, 5.41) is 9.60. The van der Waals surface area contributed by atoms with Crippen molar-refractivity contribution in [2.24, 2.45) is 12.0 Å². The van der Waals surface area contributed by atoms with E-state index >= 15 is 0 Å². The van der Waals surface area contributed by atoms with E-state index in [2.05, 4.69) is 36.9 Å². The van der Waals surface area contributed by atoms with Crippen LogP contribution >= 0.6 is 31.9 Å². The second-order valence-corrected chi connectivity index (χ2v) is 5.52. The molecule has 1 aromatic carbocycles. The Morgan fingerprint density at radius 2 is 1.72 bits per heavy atom. The third-order valence-corrected chi connectivity index (χ3v) is 3.58. The van der Waals surface area contributed by atoms with Gasteiger partial charge in [-0.15, -0.1) is 0 Å². The summed E-state index contributed by atoms with van der Waals surface area (Å²) in [7, 11) is 1.97. The molecule has 18 heavy (non-hydrogen) atoms. The van der Waals surface area contributed by atoms with Gasteiger partial charge in [0.2, 0.25) is 0 Å². The van der Waals surface area contributed by atoms with Crippen molar-refractivity contribution < 1.29 is 9.67 Å². The fourth-order valence-electron chi connectivity index (χ4n) is 1.37. The number of hydrogen-bond acceptors (Lipinski definition) is 2. The molecule has 92 valence electrons. The van der Waals surface area contributed by atoms with Crippen LogP contribution in [0.15, 0.2) is 50.6 Å². The van der Waals surface area contributed by atoms with Crippen LogP contribution in [0.5, 0.6) is 5.75 Å². The van der Waals surface area contributed by atoms with Gasteiger partial charge in [0.1, 0.15) is 12.8 Å². The molecule has 1 aromatic heterocycles. The van der Waals surface area contributed by atoms with Crippen LogP contribution in [0.4, 0.5) is 5.69 Å². The highest BCUT2D eigenvalue weighted by molar-refractivity contribution is 9.11. The predicted molar refractivity (Wildman–Crippen MR) is 78.4 cm³/mol. The molecule has 0 fully saturated rings. The zero-order valence-electron chi connectivity index (χ0n) is 9.64. The number of benzene rings is 1. The summed E-state index contributed by atoms with van der Waals surface area (Å²) < 4.78 is 3.19. The number of rotatable bonds is 2. The Labute approximate surface area is 122 Å². The van der Waals surface area contributed by atoms with E-state index in [1.807, 2.05) is 36.1 Å². The van der Waals surface area contributed by atoms with Gasteiger partial charge in [-0.3, -0.25) is 4.99 Å². The molecule has 0 aliphatic rings. The van der Waals surface area contributed by atoms with E-state index in [0.717, 1.165) is 11.3 Å². The summed E-state index contributed by atoms with van der Waals surface area (Å²) in [6, 6.07) is 7.49. The van der Waals surface area contributed by atoms with Crippen molar-refractivity contribution in [1.82, 2.24) is 0 Å². The number of aliphatic imine (C=N–C) groups is 1. The third kappa shape index (κ3) is 3.17. The van der Waals surface area contributed by atoms with E-state index in [0.29, 0.717) is 8.95 Å². The number of pyridine rings is 1. The van der Waals surface area contributed by atoms with Crippen molar-refractivity contribution in [2.45, 2.75) is 0 Å². The number of halogens is 2. The summed E-state index contributed by atoms with van der Waals surface area (Å²) in [4.78, 5) is 4.36. The minimum Gasteiger partial charge on any atom is -0.506 e. The van der Waals surface area contributed by atoms with Gasteiger partial charge in [-0.1, -0.05) is 0 Å². The molecule has 0 bridgehead atoms. The summed E-state index contributed by atoms with van der Waals surface area (Å²) in [6.07, 6.45) is 5.71. The highest BCUT2D eigenvalue weighted by atomic mass is 79.9. The fourth-order valence-corrected chi connectivity index (χ4v) is 2.54. The van der Waals surface area contributed by atoms with Gasteiger partial charge in [-0.25, -0.2) is 4.57 Å². The normalized spacial score (nSPS) is 11.1. The van der Waals surface area contributed by atoms with Gasteiger partial charge in [-0.2, -0.15) is 0 Å². The molecular formula is C13H11Br2N2O+. The SMILES string of the molecule is C[n+]1ccc(C=Nc2cc(Br)c(O)c(Br)c2)cc1. The van der Waals surface area contributed by atoms with Crippen LogP contribution in [0.3, 0.4) is 0 Å². The quantitative estimate of drug-likeness (QED) is 0.637. The summed E-state index contributed by atoms with van der Waals surface area (Å²) in [5.74, 6) is 0.181. The second-order valence-electron chi connectivity index (χ2n) is 3.81. The van der Waals surface area contributed by atoms with Gasteiger partial charge in [0.15, 0.2) is 12.4 Å². The Morgan fingerprint density at radius 1 is 1.17 bits per heavy atom. The van der Waals surface area contributed by atoms with Crippen LogP contribution in [-0.2, 0) is 7.05 Å². The Balaban J connectivity index is 2.26. The molecule has 3 nitrogen and oxygen atoms in total. The van der Waals surface area contributed by atoms with E-state index in [1.165, 1.54) is 0 Å². The van der Waals surface area contributed by atoms with Crippen molar-refractivity contribution in [3.63, 3.8) is 0 Å². The van der Waals surface area contributed by atoms with E-state index in [4.69, 9.17) is 0 Å². The lowest BCUT2D eigenvalue weighted by Gasteiger charge is -2.01. The van der Waals surface area contributed by atoms with Crippen molar-refractivity contribution in [1.29, 1.82) is 0 Å². The third-order valence-electron chi connectivity index (χ3n) is 2.37. The zero-order valence-corrected chi connectivity index (χ0v) is 12.8. The Bertz CT molecular complexity index is 571. The molecule has 5 heteroatoms. The molecule has 0 radical (unpaired) electrons. The van der Waals surface area contributed by atoms with Gasteiger partial charge in [0.25, 0.3) is 0 Å². The van der Waals surface area contributed by atoms with Gasteiger partial charge in [0, 0.05) is 23.9 Å².